The number of aryl methyl sites for hydroxylation is 1. The molecule has 1 fully saturated rings. The number of aromatic nitrogens is 3. The van der Waals surface area contributed by atoms with E-state index in [0.29, 0.717) is 12.6 Å². The summed E-state index contributed by atoms with van der Waals surface area (Å²) >= 11 is 0. The van der Waals surface area contributed by atoms with E-state index in [9.17, 15) is 0 Å². The van der Waals surface area contributed by atoms with Gasteiger partial charge in [0.25, 0.3) is 0 Å². The standard InChI is InChI=1S/C14H20N4O/c1-18-8-4-7-12(18)10-15-14-17-16-13(19-14)9-11-5-2-3-6-11/h4,7-8,11H,2-3,5-6,9-10H2,1H3,(H,15,17). The predicted octanol–water partition coefficient (Wildman–Crippen LogP) is 2.75. The van der Waals surface area contributed by atoms with Crippen molar-refractivity contribution in [1.29, 1.82) is 0 Å². The normalized spacial score (nSPS) is 16.1. The molecule has 0 saturated heterocycles. The molecule has 0 amide bonds. The second-order valence-corrected chi connectivity index (χ2v) is 5.32. The Morgan fingerprint density at radius 3 is 2.95 bits per heavy atom. The van der Waals surface area contributed by atoms with Crippen LogP contribution < -0.4 is 5.32 Å². The first kappa shape index (κ1) is 12.3. The van der Waals surface area contributed by atoms with E-state index in [2.05, 4.69) is 26.1 Å². The predicted molar refractivity (Wildman–Crippen MR) is 72.7 cm³/mol. The Labute approximate surface area is 113 Å². The molecule has 3 rings (SSSR count). The van der Waals surface area contributed by atoms with Crippen molar-refractivity contribution in [1.82, 2.24) is 14.8 Å². The Balaban J connectivity index is 1.54. The fourth-order valence-electron chi connectivity index (χ4n) is 2.72. The molecule has 1 N–H and O–H groups in total. The van der Waals surface area contributed by atoms with E-state index >= 15 is 0 Å². The van der Waals surface area contributed by atoms with Gasteiger partial charge in [0.1, 0.15) is 0 Å². The number of nitrogens with zero attached hydrogens (tertiary/aromatic N) is 3. The minimum absolute atomic E-state index is 0.522. The van der Waals surface area contributed by atoms with Gasteiger partial charge in [0.05, 0.1) is 6.54 Å². The summed E-state index contributed by atoms with van der Waals surface area (Å²) in [4.78, 5) is 0. The van der Waals surface area contributed by atoms with E-state index in [4.69, 9.17) is 4.42 Å². The lowest BCUT2D eigenvalue weighted by Gasteiger charge is -2.04. The quantitative estimate of drug-likeness (QED) is 0.898. The maximum atomic E-state index is 5.64. The molecule has 2 aromatic heterocycles. The van der Waals surface area contributed by atoms with Gasteiger partial charge in [-0.1, -0.05) is 17.9 Å². The van der Waals surface area contributed by atoms with Crippen LogP contribution in [0.2, 0.25) is 0 Å². The first-order valence-corrected chi connectivity index (χ1v) is 6.98. The van der Waals surface area contributed by atoms with Crippen molar-refractivity contribution in [3.8, 4) is 0 Å². The molecule has 0 unspecified atom stereocenters. The molecule has 1 aliphatic rings. The molecule has 0 radical (unpaired) electrons. The van der Waals surface area contributed by atoms with Gasteiger partial charge in [-0.2, -0.15) is 0 Å². The average molecular weight is 260 g/mol. The fourth-order valence-corrected chi connectivity index (χ4v) is 2.72. The van der Waals surface area contributed by atoms with Crippen LogP contribution in [0.4, 0.5) is 6.01 Å². The van der Waals surface area contributed by atoms with Crippen LogP contribution in [-0.2, 0) is 20.0 Å². The van der Waals surface area contributed by atoms with Crippen molar-refractivity contribution in [2.24, 2.45) is 13.0 Å². The lowest BCUT2D eigenvalue weighted by Crippen LogP contribution is -2.04. The molecule has 0 bridgehead atoms. The van der Waals surface area contributed by atoms with Gasteiger partial charge in [0, 0.05) is 25.4 Å². The van der Waals surface area contributed by atoms with Gasteiger partial charge in [-0.05, 0) is 30.9 Å². The monoisotopic (exact) mass is 260 g/mol. The molecule has 0 atom stereocenters. The van der Waals surface area contributed by atoms with Crippen LogP contribution in [0.25, 0.3) is 0 Å². The van der Waals surface area contributed by atoms with E-state index in [1.165, 1.54) is 31.4 Å². The molecule has 1 aliphatic carbocycles. The molecular formula is C14H20N4O. The first-order valence-electron chi connectivity index (χ1n) is 6.98. The maximum Gasteiger partial charge on any atom is 0.315 e. The summed E-state index contributed by atoms with van der Waals surface area (Å²) in [5, 5.41) is 11.3. The minimum atomic E-state index is 0.522. The highest BCUT2D eigenvalue weighted by atomic mass is 16.4. The number of hydrogen-bond donors (Lipinski definition) is 1. The summed E-state index contributed by atoms with van der Waals surface area (Å²) in [5.74, 6) is 1.50. The van der Waals surface area contributed by atoms with E-state index < -0.39 is 0 Å². The van der Waals surface area contributed by atoms with Gasteiger partial charge in [0.2, 0.25) is 5.89 Å². The third kappa shape index (κ3) is 2.97. The van der Waals surface area contributed by atoms with Gasteiger partial charge in [-0.3, -0.25) is 0 Å². The van der Waals surface area contributed by atoms with Gasteiger partial charge in [-0.15, -0.1) is 5.10 Å². The molecule has 5 nitrogen and oxygen atoms in total. The summed E-state index contributed by atoms with van der Waals surface area (Å²) in [6.07, 6.45) is 8.24. The van der Waals surface area contributed by atoms with Crippen molar-refractivity contribution < 1.29 is 4.42 Å². The van der Waals surface area contributed by atoms with Gasteiger partial charge >= 0.3 is 6.01 Å². The van der Waals surface area contributed by atoms with E-state index in [1.807, 2.05) is 19.3 Å². The van der Waals surface area contributed by atoms with Crippen LogP contribution in [0.1, 0.15) is 37.3 Å². The molecular weight excluding hydrogens is 240 g/mol. The Morgan fingerprint density at radius 2 is 2.21 bits per heavy atom. The van der Waals surface area contributed by atoms with Crippen LogP contribution in [-0.4, -0.2) is 14.8 Å². The molecule has 0 spiro atoms. The highest BCUT2D eigenvalue weighted by Gasteiger charge is 2.18. The number of hydrogen-bond acceptors (Lipinski definition) is 4. The van der Waals surface area contributed by atoms with E-state index in [0.717, 1.165) is 18.2 Å². The highest BCUT2D eigenvalue weighted by Crippen LogP contribution is 2.27. The van der Waals surface area contributed by atoms with Crippen LogP contribution >= 0.6 is 0 Å². The van der Waals surface area contributed by atoms with Crippen molar-refractivity contribution in [3.63, 3.8) is 0 Å². The summed E-state index contributed by atoms with van der Waals surface area (Å²) in [7, 11) is 2.02. The Hall–Kier alpha value is -1.78. The first-order chi connectivity index (χ1) is 9.31. The Bertz CT molecular complexity index is 525. The highest BCUT2D eigenvalue weighted by molar-refractivity contribution is 5.20. The summed E-state index contributed by atoms with van der Waals surface area (Å²) in [6.45, 7) is 0.703. The topological polar surface area (TPSA) is 55.9 Å². The van der Waals surface area contributed by atoms with Crippen molar-refractivity contribution >= 4 is 6.01 Å². The SMILES string of the molecule is Cn1cccc1CNc1nnc(CC2CCCC2)o1. The maximum absolute atomic E-state index is 5.64. The number of nitrogens with one attached hydrogen (secondary N) is 1. The van der Waals surface area contributed by atoms with Gasteiger partial charge < -0.3 is 14.3 Å². The molecule has 2 heterocycles. The van der Waals surface area contributed by atoms with E-state index in [1.54, 1.807) is 0 Å². The van der Waals surface area contributed by atoms with Crippen molar-refractivity contribution in [3.05, 3.63) is 29.9 Å². The second-order valence-electron chi connectivity index (χ2n) is 5.32. The molecule has 2 aromatic rings. The number of anilines is 1. The molecule has 0 aliphatic heterocycles. The summed E-state index contributed by atoms with van der Waals surface area (Å²) < 4.78 is 7.71. The fraction of sp³-hybridized carbons (Fsp3) is 0.571. The lowest BCUT2D eigenvalue weighted by molar-refractivity contribution is 0.437. The minimum Gasteiger partial charge on any atom is -0.408 e. The zero-order valence-corrected chi connectivity index (χ0v) is 11.3. The van der Waals surface area contributed by atoms with Crippen LogP contribution in [0, 0.1) is 5.92 Å². The van der Waals surface area contributed by atoms with E-state index in [-0.39, 0.29) is 0 Å². The lowest BCUT2D eigenvalue weighted by atomic mass is 10.0. The van der Waals surface area contributed by atoms with Crippen molar-refractivity contribution in [2.45, 2.75) is 38.6 Å². The zero-order valence-electron chi connectivity index (χ0n) is 11.3. The molecule has 1 saturated carbocycles. The summed E-state index contributed by atoms with van der Waals surface area (Å²) in [5.41, 5.74) is 1.19. The molecule has 5 heteroatoms. The average Bonchev–Trinajstić information content (AvgIpc) is 3.10. The molecule has 102 valence electrons. The van der Waals surface area contributed by atoms with Crippen LogP contribution in [0.3, 0.4) is 0 Å². The van der Waals surface area contributed by atoms with Gasteiger partial charge in [0.15, 0.2) is 0 Å². The smallest absolute Gasteiger partial charge is 0.315 e. The van der Waals surface area contributed by atoms with Crippen LogP contribution in [0.5, 0.6) is 0 Å². The number of rotatable bonds is 5. The van der Waals surface area contributed by atoms with Gasteiger partial charge in [-0.25, -0.2) is 0 Å². The summed E-state index contributed by atoms with van der Waals surface area (Å²) in [6, 6.07) is 4.62. The second kappa shape index (κ2) is 5.47. The largest absolute Gasteiger partial charge is 0.408 e. The Kier molecular flexibility index (Phi) is 3.53. The Morgan fingerprint density at radius 1 is 1.37 bits per heavy atom. The third-order valence-corrected chi connectivity index (χ3v) is 3.88. The zero-order chi connectivity index (χ0) is 13.1. The third-order valence-electron chi connectivity index (χ3n) is 3.88. The van der Waals surface area contributed by atoms with Crippen LogP contribution in [0.15, 0.2) is 22.7 Å². The van der Waals surface area contributed by atoms with Crippen molar-refractivity contribution in [2.75, 3.05) is 5.32 Å². The molecule has 19 heavy (non-hydrogen) atoms. The molecule has 0 aromatic carbocycles.